The summed E-state index contributed by atoms with van der Waals surface area (Å²) >= 11 is 1.31. The highest BCUT2D eigenvalue weighted by Gasteiger charge is 2.42. The highest BCUT2D eigenvalue weighted by Crippen LogP contribution is 2.45. The number of nitrogens with zero attached hydrogens (tertiary/aromatic N) is 1. The van der Waals surface area contributed by atoms with E-state index in [0.717, 1.165) is 12.8 Å². The predicted molar refractivity (Wildman–Crippen MR) is 65.1 cm³/mol. The van der Waals surface area contributed by atoms with Gasteiger partial charge in [0.25, 0.3) is 5.91 Å². The third kappa shape index (κ3) is 3.25. The molecule has 0 unspecified atom stereocenters. The number of hydrogen-bond acceptors (Lipinski definition) is 4. The Kier molecular flexibility index (Phi) is 3.90. The average Bonchev–Trinajstić information content (AvgIpc) is 2.96. The van der Waals surface area contributed by atoms with Gasteiger partial charge in [-0.15, -0.1) is 11.3 Å². The SMILES string of the molecule is O=C(CNC(=O)c1cscn1)NCC1(CF)CC1. The Balaban J connectivity index is 1.67. The molecule has 1 heterocycles. The number of carbonyl (C=O) groups excluding carboxylic acids is 2. The molecule has 1 fully saturated rings. The highest BCUT2D eigenvalue weighted by atomic mass is 32.1. The van der Waals surface area contributed by atoms with Crippen LogP contribution in [-0.2, 0) is 4.79 Å². The lowest BCUT2D eigenvalue weighted by Crippen LogP contribution is -2.39. The molecule has 1 aromatic rings. The molecule has 0 aliphatic heterocycles. The molecular formula is C11H14FN3O2S. The summed E-state index contributed by atoms with van der Waals surface area (Å²) in [6.07, 6.45) is 1.63. The maximum atomic E-state index is 12.6. The molecule has 7 heteroatoms. The molecule has 98 valence electrons. The van der Waals surface area contributed by atoms with Crippen LogP contribution in [0.5, 0.6) is 0 Å². The van der Waals surface area contributed by atoms with E-state index in [1.807, 2.05) is 0 Å². The van der Waals surface area contributed by atoms with Crippen molar-refractivity contribution < 1.29 is 14.0 Å². The minimum Gasteiger partial charge on any atom is -0.354 e. The normalized spacial score (nSPS) is 16.1. The van der Waals surface area contributed by atoms with Crippen molar-refractivity contribution in [2.75, 3.05) is 19.8 Å². The summed E-state index contributed by atoms with van der Waals surface area (Å²) in [6.45, 7) is -0.175. The maximum Gasteiger partial charge on any atom is 0.271 e. The number of hydrogen-bond donors (Lipinski definition) is 2. The zero-order chi connectivity index (χ0) is 13.0. The number of rotatable bonds is 6. The van der Waals surface area contributed by atoms with Crippen LogP contribution >= 0.6 is 11.3 Å². The van der Waals surface area contributed by atoms with Gasteiger partial charge in [-0.3, -0.25) is 14.0 Å². The predicted octanol–water partition coefficient (Wildman–Crippen LogP) is 0.739. The van der Waals surface area contributed by atoms with Gasteiger partial charge in [-0.05, 0) is 12.8 Å². The van der Waals surface area contributed by atoms with E-state index in [0.29, 0.717) is 12.2 Å². The zero-order valence-electron chi connectivity index (χ0n) is 9.74. The van der Waals surface area contributed by atoms with Crippen molar-refractivity contribution >= 4 is 23.2 Å². The minimum atomic E-state index is -0.404. The van der Waals surface area contributed by atoms with Crippen molar-refractivity contribution in [1.29, 1.82) is 0 Å². The standard InChI is InChI=1S/C11H14FN3O2S/c12-5-11(1-2-11)6-14-9(16)3-13-10(17)8-4-18-7-15-8/h4,7H,1-3,5-6H2,(H,13,17)(H,14,16). The van der Waals surface area contributed by atoms with E-state index in [9.17, 15) is 14.0 Å². The van der Waals surface area contributed by atoms with Crippen LogP contribution in [0.3, 0.4) is 0 Å². The summed E-state index contributed by atoms with van der Waals surface area (Å²) in [5.74, 6) is -0.684. The number of aromatic nitrogens is 1. The highest BCUT2D eigenvalue weighted by molar-refractivity contribution is 7.07. The first kappa shape index (κ1) is 12.9. The van der Waals surface area contributed by atoms with Crippen LogP contribution in [-0.4, -0.2) is 36.6 Å². The Labute approximate surface area is 108 Å². The number of thiazole rings is 1. The fourth-order valence-electron chi connectivity index (χ4n) is 1.46. The molecule has 1 aliphatic rings. The van der Waals surface area contributed by atoms with Crippen molar-refractivity contribution in [3.8, 4) is 0 Å². The van der Waals surface area contributed by atoms with Gasteiger partial charge in [0.1, 0.15) is 5.69 Å². The topological polar surface area (TPSA) is 71.1 Å². The lowest BCUT2D eigenvalue weighted by Gasteiger charge is -2.11. The molecule has 0 bridgehead atoms. The van der Waals surface area contributed by atoms with Gasteiger partial charge in [0.15, 0.2) is 0 Å². The van der Waals surface area contributed by atoms with Crippen molar-refractivity contribution in [2.24, 2.45) is 5.41 Å². The molecule has 0 aromatic carbocycles. The molecular weight excluding hydrogens is 257 g/mol. The van der Waals surface area contributed by atoms with Crippen molar-refractivity contribution in [1.82, 2.24) is 15.6 Å². The maximum absolute atomic E-state index is 12.6. The molecule has 0 radical (unpaired) electrons. The minimum absolute atomic E-state index is 0.112. The second kappa shape index (κ2) is 5.43. The molecule has 5 nitrogen and oxygen atoms in total. The van der Waals surface area contributed by atoms with Crippen LogP contribution in [0.1, 0.15) is 23.3 Å². The summed E-state index contributed by atoms with van der Waals surface area (Å²) in [5, 5.41) is 6.69. The lowest BCUT2D eigenvalue weighted by atomic mass is 10.1. The van der Waals surface area contributed by atoms with Crippen LogP contribution in [0.15, 0.2) is 10.9 Å². The third-order valence-corrected chi connectivity index (χ3v) is 3.56. The molecule has 2 amide bonds. The van der Waals surface area contributed by atoms with Crippen LogP contribution in [0, 0.1) is 5.41 Å². The average molecular weight is 271 g/mol. The fraction of sp³-hybridized carbons (Fsp3) is 0.545. The molecule has 0 saturated heterocycles. The summed E-state index contributed by atoms with van der Waals surface area (Å²) in [6, 6.07) is 0. The van der Waals surface area contributed by atoms with Crippen LogP contribution in [0.25, 0.3) is 0 Å². The van der Waals surface area contributed by atoms with Crippen LogP contribution < -0.4 is 10.6 Å². The molecule has 1 aromatic heterocycles. The van der Waals surface area contributed by atoms with E-state index >= 15 is 0 Å². The lowest BCUT2D eigenvalue weighted by molar-refractivity contribution is -0.120. The van der Waals surface area contributed by atoms with Gasteiger partial charge in [0, 0.05) is 17.3 Å². The number of nitrogens with one attached hydrogen (secondary N) is 2. The Bertz CT molecular complexity index is 432. The molecule has 2 N–H and O–H groups in total. The first-order valence-electron chi connectivity index (χ1n) is 5.64. The first-order chi connectivity index (χ1) is 8.65. The fourth-order valence-corrected chi connectivity index (χ4v) is 1.99. The molecule has 0 spiro atoms. The number of amides is 2. The van der Waals surface area contributed by atoms with Crippen molar-refractivity contribution in [3.63, 3.8) is 0 Å². The Morgan fingerprint density at radius 3 is 2.78 bits per heavy atom. The largest absolute Gasteiger partial charge is 0.354 e. The van der Waals surface area contributed by atoms with Gasteiger partial charge in [0.05, 0.1) is 18.7 Å². The Morgan fingerprint density at radius 2 is 2.22 bits per heavy atom. The Morgan fingerprint density at radius 1 is 1.44 bits per heavy atom. The van der Waals surface area contributed by atoms with Gasteiger partial charge >= 0.3 is 0 Å². The monoisotopic (exact) mass is 271 g/mol. The molecule has 2 rings (SSSR count). The molecule has 0 atom stereocenters. The second-order valence-electron chi connectivity index (χ2n) is 4.47. The summed E-state index contributed by atoms with van der Waals surface area (Å²) in [7, 11) is 0. The number of carbonyl (C=O) groups is 2. The smallest absolute Gasteiger partial charge is 0.271 e. The third-order valence-electron chi connectivity index (χ3n) is 2.98. The molecule has 1 saturated carbocycles. The van der Waals surface area contributed by atoms with Gasteiger partial charge in [-0.2, -0.15) is 0 Å². The van der Waals surface area contributed by atoms with E-state index in [1.54, 1.807) is 10.9 Å². The summed E-state index contributed by atoms with van der Waals surface area (Å²) in [5.41, 5.74) is 1.51. The second-order valence-corrected chi connectivity index (χ2v) is 5.19. The first-order valence-corrected chi connectivity index (χ1v) is 6.59. The Hall–Kier alpha value is -1.50. The number of halogens is 1. The quantitative estimate of drug-likeness (QED) is 0.801. The molecule has 18 heavy (non-hydrogen) atoms. The number of alkyl halides is 1. The van der Waals surface area contributed by atoms with Crippen molar-refractivity contribution in [3.05, 3.63) is 16.6 Å². The van der Waals surface area contributed by atoms with Gasteiger partial charge in [-0.25, -0.2) is 4.98 Å². The van der Waals surface area contributed by atoms with Crippen LogP contribution in [0.2, 0.25) is 0 Å². The summed E-state index contributed by atoms with van der Waals surface area (Å²) < 4.78 is 12.6. The van der Waals surface area contributed by atoms with E-state index in [-0.39, 0.29) is 23.8 Å². The van der Waals surface area contributed by atoms with E-state index in [2.05, 4.69) is 15.6 Å². The molecule has 1 aliphatic carbocycles. The van der Waals surface area contributed by atoms with Gasteiger partial charge in [-0.1, -0.05) is 0 Å². The van der Waals surface area contributed by atoms with Gasteiger partial charge < -0.3 is 10.6 Å². The van der Waals surface area contributed by atoms with Crippen molar-refractivity contribution in [2.45, 2.75) is 12.8 Å². The summed E-state index contributed by atoms with van der Waals surface area (Å²) in [4.78, 5) is 26.7. The van der Waals surface area contributed by atoms with E-state index < -0.39 is 6.67 Å². The van der Waals surface area contributed by atoms with Gasteiger partial charge in [0.2, 0.25) is 5.91 Å². The van der Waals surface area contributed by atoms with Crippen LogP contribution in [0.4, 0.5) is 4.39 Å². The van der Waals surface area contributed by atoms with E-state index in [4.69, 9.17) is 0 Å². The van der Waals surface area contributed by atoms with E-state index in [1.165, 1.54) is 11.3 Å². The zero-order valence-corrected chi connectivity index (χ0v) is 10.6.